The highest BCUT2D eigenvalue weighted by Gasteiger charge is 2.47. The van der Waals surface area contributed by atoms with Gasteiger partial charge in [0.05, 0.1) is 12.4 Å². The average Bonchev–Trinajstić information content (AvgIpc) is 2.67. The van der Waals surface area contributed by atoms with E-state index in [1.165, 1.54) is 12.4 Å². The third-order valence-electron chi connectivity index (χ3n) is 5.76. The van der Waals surface area contributed by atoms with Gasteiger partial charge in [0.2, 0.25) is 10.0 Å². The zero-order chi connectivity index (χ0) is 17.5. The first-order valence-electron chi connectivity index (χ1n) is 8.65. The monoisotopic (exact) mass is 358 g/mol. The summed E-state index contributed by atoms with van der Waals surface area (Å²) in [4.78, 5) is 8.64. The minimum atomic E-state index is -3.55. The zero-order valence-corrected chi connectivity index (χ0v) is 14.8. The fourth-order valence-electron chi connectivity index (χ4n) is 3.85. The highest BCUT2D eigenvalue weighted by molar-refractivity contribution is 7.89. The molecule has 1 saturated heterocycles. The first-order valence-corrected chi connectivity index (χ1v) is 10.1. The van der Waals surface area contributed by atoms with E-state index in [1.807, 2.05) is 30.3 Å². The van der Waals surface area contributed by atoms with Gasteiger partial charge in [0.15, 0.2) is 5.82 Å². The minimum absolute atomic E-state index is 0.154. The lowest BCUT2D eigenvalue weighted by molar-refractivity contribution is 0.0325. The van der Waals surface area contributed by atoms with Crippen molar-refractivity contribution in [2.75, 3.05) is 13.1 Å². The maximum absolute atomic E-state index is 12.8. The third-order valence-corrected chi connectivity index (χ3v) is 7.61. The Kier molecular flexibility index (Phi) is 4.10. The molecule has 2 aromatic rings. The van der Waals surface area contributed by atoms with Gasteiger partial charge in [0.25, 0.3) is 0 Å². The van der Waals surface area contributed by atoms with Crippen molar-refractivity contribution in [3.8, 4) is 11.4 Å². The Morgan fingerprint density at radius 2 is 1.68 bits per heavy atom. The lowest BCUT2D eigenvalue weighted by Gasteiger charge is -2.52. The molecule has 1 spiro atoms. The number of rotatable bonds is 3. The Morgan fingerprint density at radius 1 is 1.04 bits per heavy atom. The lowest BCUT2D eigenvalue weighted by Crippen LogP contribution is -2.56. The molecule has 1 saturated carbocycles. The Hall–Kier alpha value is -1.83. The molecule has 1 atom stereocenters. The summed E-state index contributed by atoms with van der Waals surface area (Å²) in [6, 6.07) is 9.74. The van der Waals surface area contributed by atoms with E-state index < -0.39 is 10.0 Å². The molecule has 1 aromatic carbocycles. The third kappa shape index (κ3) is 2.86. The van der Waals surface area contributed by atoms with Crippen LogP contribution in [0.2, 0.25) is 0 Å². The number of nitrogens with zero attached hydrogens (tertiary/aromatic N) is 3. The number of nitrogens with two attached hydrogens (primary N) is 1. The lowest BCUT2D eigenvalue weighted by atomic mass is 9.60. The van der Waals surface area contributed by atoms with Crippen LogP contribution in [0.15, 0.2) is 47.6 Å². The van der Waals surface area contributed by atoms with Crippen molar-refractivity contribution in [3.05, 3.63) is 42.7 Å². The highest BCUT2D eigenvalue weighted by atomic mass is 32.2. The van der Waals surface area contributed by atoms with Crippen LogP contribution in [-0.2, 0) is 10.0 Å². The molecule has 2 heterocycles. The Bertz CT molecular complexity index is 844. The molecule has 0 amide bonds. The van der Waals surface area contributed by atoms with Crippen LogP contribution in [0.25, 0.3) is 11.4 Å². The summed E-state index contributed by atoms with van der Waals surface area (Å²) in [5.41, 5.74) is 7.17. The van der Waals surface area contributed by atoms with Gasteiger partial charge < -0.3 is 5.73 Å². The smallest absolute Gasteiger partial charge is 0.246 e. The van der Waals surface area contributed by atoms with Gasteiger partial charge in [-0.25, -0.2) is 18.4 Å². The minimum Gasteiger partial charge on any atom is -0.327 e. The topological polar surface area (TPSA) is 89.2 Å². The van der Waals surface area contributed by atoms with Crippen LogP contribution >= 0.6 is 0 Å². The molecule has 25 heavy (non-hydrogen) atoms. The van der Waals surface area contributed by atoms with Crippen molar-refractivity contribution < 1.29 is 8.42 Å². The summed E-state index contributed by atoms with van der Waals surface area (Å²) in [6.07, 6.45) is 6.68. The molecule has 2 fully saturated rings. The molecule has 6 nitrogen and oxygen atoms in total. The molecule has 132 valence electrons. The summed E-state index contributed by atoms with van der Waals surface area (Å²) in [7, 11) is -3.55. The van der Waals surface area contributed by atoms with E-state index in [-0.39, 0.29) is 16.4 Å². The molecule has 1 unspecified atom stereocenters. The van der Waals surface area contributed by atoms with Crippen molar-refractivity contribution in [2.24, 2.45) is 11.1 Å². The van der Waals surface area contributed by atoms with Crippen molar-refractivity contribution in [1.29, 1.82) is 0 Å². The van der Waals surface area contributed by atoms with E-state index in [4.69, 9.17) is 5.73 Å². The maximum Gasteiger partial charge on any atom is 0.246 e. The van der Waals surface area contributed by atoms with Crippen molar-refractivity contribution in [2.45, 2.75) is 36.6 Å². The molecule has 2 aliphatic rings. The van der Waals surface area contributed by atoms with Crippen LogP contribution in [0, 0.1) is 5.41 Å². The molecule has 7 heteroatoms. The quantitative estimate of drug-likeness (QED) is 0.907. The number of piperidine rings is 1. The summed E-state index contributed by atoms with van der Waals surface area (Å²) in [5.74, 6) is 0.526. The van der Waals surface area contributed by atoms with Gasteiger partial charge in [-0.1, -0.05) is 30.3 Å². The second-order valence-electron chi connectivity index (χ2n) is 7.02. The molecule has 0 bridgehead atoms. The van der Waals surface area contributed by atoms with Crippen molar-refractivity contribution in [1.82, 2.24) is 14.3 Å². The average molecular weight is 358 g/mol. The highest BCUT2D eigenvalue weighted by Crippen LogP contribution is 2.48. The second-order valence-corrected chi connectivity index (χ2v) is 8.96. The molecule has 0 radical (unpaired) electrons. The summed E-state index contributed by atoms with van der Waals surface area (Å²) in [5, 5.41) is 0. The van der Waals surface area contributed by atoms with Gasteiger partial charge in [-0.3, -0.25) is 0 Å². The number of benzene rings is 1. The van der Waals surface area contributed by atoms with E-state index in [0.717, 1.165) is 31.2 Å². The van der Waals surface area contributed by atoms with Crippen LogP contribution in [0.1, 0.15) is 25.7 Å². The Labute approximate surface area is 148 Å². The molecule has 1 aromatic heterocycles. The molecule has 1 aliphatic carbocycles. The molecule has 2 N–H and O–H groups in total. The largest absolute Gasteiger partial charge is 0.327 e. The van der Waals surface area contributed by atoms with E-state index in [0.29, 0.717) is 18.9 Å². The summed E-state index contributed by atoms with van der Waals surface area (Å²) < 4.78 is 27.2. The standard InChI is InChI=1S/C18H22N4O2S/c19-16-6-7-18(16)8-10-22(11-9-18)25(23,24)15-12-20-17(21-13-15)14-4-2-1-3-5-14/h1-5,12-13,16H,6-11,19H2. The number of hydrogen-bond acceptors (Lipinski definition) is 5. The van der Waals surface area contributed by atoms with E-state index in [1.54, 1.807) is 4.31 Å². The molecular formula is C18H22N4O2S. The first kappa shape index (κ1) is 16.6. The Morgan fingerprint density at radius 3 is 2.20 bits per heavy atom. The van der Waals surface area contributed by atoms with Gasteiger partial charge in [0.1, 0.15) is 4.90 Å². The van der Waals surface area contributed by atoms with Gasteiger partial charge in [-0.2, -0.15) is 4.31 Å². The fourth-order valence-corrected chi connectivity index (χ4v) is 5.18. The van der Waals surface area contributed by atoms with Crippen LogP contribution in [0.4, 0.5) is 0 Å². The Balaban J connectivity index is 1.51. The second kappa shape index (κ2) is 6.16. The van der Waals surface area contributed by atoms with E-state index >= 15 is 0 Å². The van der Waals surface area contributed by atoms with Crippen LogP contribution in [-0.4, -0.2) is 41.8 Å². The maximum atomic E-state index is 12.8. The summed E-state index contributed by atoms with van der Waals surface area (Å²) in [6.45, 7) is 1.05. The zero-order valence-electron chi connectivity index (χ0n) is 14.0. The predicted molar refractivity (Wildman–Crippen MR) is 95.1 cm³/mol. The van der Waals surface area contributed by atoms with E-state index in [2.05, 4.69) is 9.97 Å². The van der Waals surface area contributed by atoms with Crippen LogP contribution < -0.4 is 5.73 Å². The van der Waals surface area contributed by atoms with Gasteiger partial charge >= 0.3 is 0 Å². The number of hydrogen-bond donors (Lipinski definition) is 1. The molecular weight excluding hydrogens is 336 g/mol. The van der Waals surface area contributed by atoms with E-state index in [9.17, 15) is 8.42 Å². The first-order chi connectivity index (χ1) is 12.0. The number of sulfonamides is 1. The van der Waals surface area contributed by atoms with Crippen molar-refractivity contribution in [3.63, 3.8) is 0 Å². The molecule has 4 rings (SSSR count). The predicted octanol–water partition coefficient (Wildman–Crippen LogP) is 2.04. The molecule has 1 aliphatic heterocycles. The SMILES string of the molecule is NC1CCC12CCN(S(=O)(=O)c1cnc(-c3ccccc3)nc1)CC2. The normalized spacial score (nSPS) is 23.3. The van der Waals surface area contributed by atoms with Crippen molar-refractivity contribution >= 4 is 10.0 Å². The number of aromatic nitrogens is 2. The van der Waals surface area contributed by atoms with Gasteiger partial charge in [-0.15, -0.1) is 0 Å². The van der Waals surface area contributed by atoms with Crippen LogP contribution in [0.5, 0.6) is 0 Å². The summed E-state index contributed by atoms with van der Waals surface area (Å²) >= 11 is 0. The van der Waals surface area contributed by atoms with Crippen LogP contribution in [0.3, 0.4) is 0 Å². The van der Waals surface area contributed by atoms with Gasteiger partial charge in [0, 0.05) is 24.7 Å². The fraction of sp³-hybridized carbons (Fsp3) is 0.444. The van der Waals surface area contributed by atoms with Gasteiger partial charge in [-0.05, 0) is 31.1 Å².